The van der Waals surface area contributed by atoms with E-state index in [1.165, 1.54) is 29.4 Å². The zero-order valence-corrected chi connectivity index (χ0v) is 19.4. The van der Waals surface area contributed by atoms with Gasteiger partial charge in [0.1, 0.15) is 33.7 Å². The lowest BCUT2D eigenvalue weighted by Gasteiger charge is -2.15. The molecule has 4 aromatic rings. The van der Waals surface area contributed by atoms with E-state index < -0.39 is 17.2 Å². The van der Waals surface area contributed by atoms with Crippen LogP contribution in [0, 0.1) is 15.6 Å². The number of aromatic nitrogens is 3. The summed E-state index contributed by atoms with van der Waals surface area (Å²) in [7, 11) is 3.01. The zero-order valence-electron chi connectivity index (χ0n) is 16.2. The van der Waals surface area contributed by atoms with Crippen molar-refractivity contribution in [1.29, 1.82) is 0 Å². The summed E-state index contributed by atoms with van der Waals surface area (Å²) in [5.41, 5.74) is 0.248. The van der Waals surface area contributed by atoms with Crippen molar-refractivity contribution in [2.75, 3.05) is 14.2 Å². The Bertz CT molecular complexity index is 1430. The average molecular weight is 526 g/mol. The molecule has 0 saturated carbocycles. The first-order valence-corrected chi connectivity index (χ1v) is 11.2. The number of fused-ring (bicyclic) bond motifs is 1. The highest BCUT2D eigenvalue weighted by Crippen LogP contribution is 2.30. The third-order valence-corrected chi connectivity index (χ3v) is 6.43. The van der Waals surface area contributed by atoms with E-state index in [4.69, 9.17) is 21.7 Å². The first-order valence-electron chi connectivity index (χ1n) is 8.80. The van der Waals surface area contributed by atoms with Crippen LogP contribution in [-0.2, 0) is 5.33 Å². The lowest BCUT2D eigenvalue weighted by atomic mass is 10.2. The Hall–Kier alpha value is -2.63. The predicted octanol–water partition coefficient (Wildman–Crippen LogP) is 5.16. The minimum atomic E-state index is -0.809. The van der Waals surface area contributed by atoms with Crippen molar-refractivity contribution in [1.82, 2.24) is 14.1 Å². The number of hydrogen-bond donors (Lipinski definition) is 0. The zero-order chi connectivity index (χ0) is 22.3. The number of benzene rings is 2. The lowest BCUT2D eigenvalue weighted by Crippen LogP contribution is -2.23. The first kappa shape index (κ1) is 21.6. The standard InChI is InChI=1S/C20H14BrF2N3O3S2/c1-28-11-4-6-15(29-2)14(8-11)25-16(9-21)24-18-17(19(25)27)31-20(30)26(18)13-5-3-10(22)7-12(13)23/h3-8H,9H2,1-2H3. The molecule has 0 bridgehead atoms. The van der Waals surface area contributed by atoms with Gasteiger partial charge in [-0.05, 0) is 36.5 Å². The number of nitrogens with zero attached hydrogens (tertiary/aromatic N) is 3. The van der Waals surface area contributed by atoms with Crippen LogP contribution in [0.3, 0.4) is 0 Å². The fraction of sp³-hybridized carbons (Fsp3) is 0.150. The quantitative estimate of drug-likeness (QED) is 0.266. The molecule has 0 saturated heterocycles. The largest absolute Gasteiger partial charge is 0.497 e. The Kier molecular flexibility index (Phi) is 5.91. The van der Waals surface area contributed by atoms with Crippen molar-refractivity contribution in [3.05, 3.63) is 68.2 Å². The van der Waals surface area contributed by atoms with Crippen molar-refractivity contribution in [2.24, 2.45) is 0 Å². The fourth-order valence-electron chi connectivity index (χ4n) is 3.18. The van der Waals surface area contributed by atoms with Crippen LogP contribution in [0.1, 0.15) is 5.82 Å². The summed E-state index contributed by atoms with van der Waals surface area (Å²) < 4.78 is 41.8. The molecular weight excluding hydrogens is 512 g/mol. The van der Waals surface area contributed by atoms with Gasteiger partial charge in [-0.1, -0.05) is 27.3 Å². The molecule has 0 atom stereocenters. The minimum Gasteiger partial charge on any atom is -0.497 e. The molecule has 0 spiro atoms. The molecule has 160 valence electrons. The molecule has 0 radical (unpaired) electrons. The molecule has 6 nitrogen and oxygen atoms in total. The summed E-state index contributed by atoms with van der Waals surface area (Å²) in [4.78, 5) is 18.1. The van der Waals surface area contributed by atoms with E-state index in [2.05, 4.69) is 20.9 Å². The molecule has 2 heterocycles. The summed E-state index contributed by atoms with van der Waals surface area (Å²) in [5, 5.41) is 0.215. The number of hydrogen-bond acceptors (Lipinski definition) is 6. The maximum Gasteiger partial charge on any atom is 0.277 e. The van der Waals surface area contributed by atoms with Crippen LogP contribution in [0.2, 0.25) is 0 Å². The van der Waals surface area contributed by atoms with Gasteiger partial charge in [-0.25, -0.2) is 13.8 Å². The van der Waals surface area contributed by atoms with E-state index in [1.54, 1.807) is 18.2 Å². The molecule has 0 N–H and O–H groups in total. The van der Waals surface area contributed by atoms with Gasteiger partial charge in [0.15, 0.2) is 9.60 Å². The van der Waals surface area contributed by atoms with E-state index >= 15 is 0 Å². The average Bonchev–Trinajstić information content (AvgIpc) is 3.09. The Morgan fingerprint density at radius 3 is 2.52 bits per heavy atom. The topological polar surface area (TPSA) is 58.3 Å². The van der Waals surface area contributed by atoms with Gasteiger partial charge in [-0.3, -0.25) is 13.9 Å². The van der Waals surface area contributed by atoms with Crippen LogP contribution >= 0.6 is 39.5 Å². The van der Waals surface area contributed by atoms with Crippen LogP contribution in [0.25, 0.3) is 21.7 Å². The Morgan fingerprint density at radius 1 is 1.10 bits per heavy atom. The molecule has 11 heteroatoms. The lowest BCUT2D eigenvalue weighted by molar-refractivity contribution is 0.401. The number of halogens is 3. The van der Waals surface area contributed by atoms with Crippen LogP contribution in [0.5, 0.6) is 11.5 Å². The van der Waals surface area contributed by atoms with Crippen molar-refractivity contribution in [3.63, 3.8) is 0 Å². The van der Waals surface area contributed by atoms with Crippen molar-refractivity contribution in [2.45, 2.75) is 5.33 Å². The summed E-state index contributed by atoms with van der Waals surface area (Å²) >= 11 is 9.76. The number of alkyl halides is 1. The molecule has 0 fully saturated rings. The van der Waals surface area contributed by atoms with Gasteiger partial charge >= 0.3 is 0 Å². The van der Waals surface area contributed by atoms with Gasteiger partial charge in [-0.15, -0.1) is 0 Å². The molecule has 4 rings (SSSR count). The second-order valence-electron chi connectivity index (χ2n) is 6.29. The van der Waals surface area contributed by atoms with Gasteiger partial charge in [0.25, 0.3) is 5.56 Å². The summed E-state index contributed by atoms with van der Waals surface area (Å²) in [5.74, 6) is -0.209. The molecule has 0 amide bonds. The maximum absolute atomic E-state index is 14.5. The molecule has 0 unspecified atom stereocenters. The highest BCUT2D eigenvalue weighted by atomic mass is 79.9. The Balaban J connectivity index is 2.08. The molecule has 0 aliphatic rings. The third kappa shape index (κ3) is 3.66. The number of thiazole rings is 1. The highest BCUT2D eigenvalue weighted by Gasteiger charge is 2.21. The van der Waals surface area contributed by atoms with E-state index in [9.17, 15) is 13.6 Å². The monoisotopic (exact) mass is 525 g/mol. The number of ether oxygens (including phenoxy) is 2. The second kappa shape index (κ2) is 8.48. The number of methoxy groups -OCH3 is 2. The third-order valence-electron chi connectivity index (χ3n) is 4.57. The van der Waals surface area contributed by atoms with E-state index in [0.29, 0.717) is 23.0 Å². The van der Waals surface area contributed by atoms with Gasteiger partial charge in [-0.2, -0.15) is 0 Å². The smallest absolute Gasteiger partial charge is 0.277 e. The second-order valence-corrected chi connectivity index (χ2v) is 8.50. The predicted molar refractivity (Wildman–Crippen MR) is 121 cm³/mol. The fourth-order valence-corrected chi connectivity index (χ4v) is 4.85. The van der Waals surface area contributed by atoms with Crippen LogP contribution in [0.15, 0.2) is 41.2 Å². The SMILES string of the molecule is COc1ccc(OC)c(-n2c(CBr)nc3c(sc(=S)n3-c3ccc(F)cc3F)c2=O)c1. The van der Waals surface area contributed by atoms with Crippen molar-refractivity contribution >= 4 is 49.8 Å². The van der Waals surface area contributed by atoms with Crippen LogP contribution < -0.4 is 15.0 Å². The van der Waals surface area contributed by atoms with Crippen LogP contribution in [0.4, 0.5) is 8.78 Å². The first-order chi connectivity index (χ1) is 14.9. The van der Waals surface area contributed by atoms with E-state index in [-0.39, 0.29) is 25.3 Å². The normalized spacial score (nSPS) is 11.1. The van der Waals surface area contributed by atoms with E-state index in [0.717, 1.165) is 23.5 Å². The van der Waals surface area contributed by atoms with Gasteiger partial charge in [0.2, 0.25) is 0 Å². The molecule has 2 aromatic heterocycles. The van der Waals surface area contributed by atoms with Gasteiger partial charge in [0.05, 0.1) is 30.9 Å². The van der Waals surface area contributed by atoms with Crippen molar-refractivity contribution in [3.8, 4) is 22.9 Å². The highest BCUT2D eigenvalue weighted by molar-refractivity contribution is 9.08. The maximum atomic E-state index is 14.5. The molecule has 2 aromatic carbocycles. The van der Waals surface area contributed by atoms with Crippen molar-refractivity contribution < 1.29 is 18.3 Å². The molecular formula is C20H14BrF2N3O3S2. The summed E-state index contributed by atoms with van der Waals surface area (Å²) in [6, 6.07) is 8.20. The molecule has 0 aliphatic heterocycles. The Labute approximate surface area is 192 Å². The van der Waals surface area contributed by atoms with Gasteiger partial charge < -0.3 is 9.47 Å². The molecule has 0 aliphatic carbocycles. The number of rotatable bonds is 5. The van der Waals surface area contributed by atoms with Crippen LogP contribution in [-0.4, -0.2) is 28.3 Å². The Morgan fingerprint density at radius 2 is 1.87 bits per heavy atom. The summed E-state index contributed by atoms with van der Waals surface area (Å²) in [6.07, 6.45) is 0. The van der Waals surface area contributed by atoms with E-state index in [1.807, 2.05) is 0 Å². The minimum absolute atomic E-state index is 0.0155. The summed E-state index contributed by atoms with van der Waals surface area (Å²) in [6.45, 7) is 0. The van der Waals surface area contributed by atoms with Gasteiger partial charge in [0, 0.05) is 12.1 Å². The molecule has 31 heavy (non-hydrogen) atoms.